The smallest absolute Gasteiger partial charge is 0.466 e. The molecule has 0 aliphatic heterocycles. The van der Waals surface area contributed by atoms with Crippen molar-refractivity contribution in [2.75, 3.05) is 20.3 Å². The molecule has 31 heavy (non-hydrogen) atoms. The van der Waals surface area contributed by atoms with Gasteiger partial charge in [0.05, 0.1) is 20.3 Å². The third-order valence-electron chi connectivity index (χ3n) is 4.35. The number of carbonyl (C=O) groups is 1. The molecule has 0 N–H and O–H groups in total. The molecule has 0 amide bonds. The van der Waals surface area contributed by atoms with Crippen LogP contribution in [0.5, 0.6) is 0 Å². The zero-order valence-electron chi connectivity index (χ0n) is 18.2. The van der Waals surface area contributed by atoms with E-state index in [-0.39, 0.29) is 13.2 Å². The fraction of sp³-hybridized carbons (Fsp3) is 0.375. The largest absolute Gasteiger partial charge is 0.477 e. The summed E-state index contributed by atoms with van der Waals surface area (Å²) in [5.41, 5.74) is -0.347. The Balaban J connectivity index is 2.36. The zero-order chi connectivity index (χ0) is 22.6. The maximum Gasteiger partial charge on any atom is 0.477 e. The van der Waals surface area contributed by atoms with E-state index in [9.17, 15) is 9.36 Å². The van der Waals surface area contributed by atoms with Gasteiger partial charge in [0.1, 0.15) is 0 Å². The van der Waals surface area contributed by atoms with Crippen LogP contribution in [-0.2, 0) is 39.7 Å². The van der Waals surface area contributed by atoms with Crippen molar-refractivity contribution in [2.24, 2.45) is 0 Å². The second kappa shape index (κ2) is 12.4. The summed E-state index contributed by atoms with van der Waals surface area (Å²) >= 11 is 0. The van der Waals surface area contributed by atoms with Gasteiger partial charge in [0.25, 0.3) is 5.60 Å². The number of rotatable bonds is 11. The molecule has 7 heteroatoms. The summed E-state index contributed by atoms with van der Waals surface area (Å²) in [6.45, 7) is 3.47. The first-order valence-corrected chi connectivity index (χ1v) is 11.7. The van der Waals surface area contributed by atoms with E-state index in [0.717, 1.165) is 12.8 Å². The Morgan fingerprint density at radius 2 is 1.55 bits per heavy atom. The van der Waals surface area contributed by atoms with Crippen LogP contribution in [0.1, 0.15) is 37.8 Å². The number of unbranched alkanes of at least 4 members (excludes halogenated alkanes) is 1. The Kier molecular flexibility index (Phi) is 9.97. The number of hydrogen-bond acceptors (Lipinski definition) is 6. The van der Waals surface area contributed by atoms with Crippen molar-refractivity contribution < 1.29 is 27.7 Å². The Morgan fingerprint density at radius 3 is 2.10 bits per heavy atom. The third kappa shape index (κ3) is 7.05. The number of carbonyl (C=O) groups excluding carboxylic acids is 1. The summed E-state index contributed by atoms with van der Waals surface area (Å²) in [5, 5.41) is 0. The number of methoxy groups -OCH3 is 1. The standard InChI is InChI=1S/C24H29O6P/c1-4-28-31(26,29-5-2)30-24(23(25)27-3,22-18-12-7-13-19-22)20-14-8-11-17-21-15-9-6-10-16-21/h6-7,9-10,12-13,15-16,18-19H,4-5,8,11,17H2,1-3H3/t24-/m1/s1. The SMILES string of the molecule is CCOP(=O)(OCC)O[C@@](C#CCCCc1ccccc1)(C(=O)OC)c1ccccc1. The highest BCUT2D eigenvalue weighted by atomic mass is 31.2. The predicted molar refractivity (Wildman–Crippen MR) is 119 cm³/mol. The summed E-state index contributed by atoms with van der Waals surface area (Å²) in [7, 11) is -2.85. The fourth-order valence-corrected chi connectivity index (χ4v) is 4.33. The Morgan fingerprint density at radius 1 is 0.968 bits per heavy atom. The summed E-state index contributed by atoms with van der Waals surface area (Å²) in [6.07, 6.45) is 2.15. The molecule has 0 radical (unpaired) electrons. The van der Waals surface area contributed by atoms with Crippen LogP contribution in [0, 0.1) is 11.8 Å². The molecule has 0 heterocycles. The lowest BCUT2D eigenvalue weighted by Gasteiger charge is -2.29. The van der Waals surface area contributed by atoms with Crippen molar-refractivity contribution in [3.63, 3.8) is 0 Å². The van der Waals surface area contributed by atoms with E-state index in [1.54, 1.807) is 44.2 Å². The lowest BCUT2D eigenvalue weighted by atomic mass is 9.94. The molecule has 0 fully saturated rings. The van der Waals surface area contributed by atoms with Gasteiger partial charge in [-0.1, -0.05) is 72.5 Å². The molecule has 166 valence electrons. The fourth-order valence-electron chi connectivity index (χ4n) is 2.96. The lowest BCUT2D eigenvalue weighted by Crippen LogP contribution is -2.38. The number of phosphoric ester groups is 1. The molecule has 0 aromatic heterocycles. The molecular weight excluding hydrogens is 415 g/mol. The third-order valence-corrected chi connectivity index (χ3v) is 6.00. The molecule has 0 spiro atoms. The van der Waals surface area contributed by atoms with Crippen molar-refractivity contribution in [3.05, 3.63) is 71.8 Å². The maximum atomic E-state index is 13.2. The normalized spacial score (nSPS) is 13.0. The van der Waals surface area contributed by atoms with Crippen LogP contribution in [0.15, 0.2) is 60.7 Å². The second-order valence-corrected chi connectivity index (χ2v) is 8.15. The summed E-state index contributed by atoms with van der Waals surface area (Å²) in [4.78, 5) is 12.9. The second-order valence-electron chi connectivity index (χ2n) is 6.55. The van der Waals surface area contributed by atoms with Crippen molar-refractivity contribution in [1.82, 2.24) is 0 Å². The molecule has 0 saturated heterocycles. The number of hydrogen-bond donors (Lipinski definition) is 0. The Labute approximate surface area is 184 Å². The van der Waals surface area contributed by atoms with E-state index in [2.05, 4.69) is 24.0 Å². The van der Waals surface area contributed by atoms with Gasteiger partial charge in [0.2, 0.25) is 0 Å². The first kappa shape index (κ1) is 24.8. The van der Waals surface area contributed by atoms with Crippen molar-refractivity contribution in [2.45, 2.75) is 38.7 Å². The van der Waals surface area contributed by atoms with Crippen LogP contribution in [0.25, 0.3) is 0 Å². The van der Waals surface area contributed by atoms with Gasteiger partial charge in [0.15, 0.2) is 0 Å². The minimum atomic E-state index is -4.08. The lowest BCUT2D eigenvalue weighted by molar-refractivity contribution is -0.156. The highest BCUT2D eigenvalue weighted by Gasteiger charge is 2.49. The van der Waals surface area contributed by atoms with Gasteiger partial charge in [-0.15, -0.1) is 0 Å². The average Bonchev–Trinajstić information content (AvgIpc) is 2.79. The van der Waals surface area contributed by atoms with Gasteiger partial charge in [0, 0.05) is 12.0 Å². The molecule has 0 aliphatic rings. The summed E-state index contributed by atoms with van der Waals surface area (Å²) in [5.74, 6) is 5.09. The minimum absolute atomic E-state index is 0.0772. The number of esters is 1. The van der Waals surface area contributed by atoms with Crippen molar-refractivity contribution in [3.8, 4) is 11.8 Å². The van der Waals surface area contributed by atoms with Gasteiger partial charge in [-0.2, -0.15) is 0 Å². The van der Waals surface area contributed by atoms with Gasteiger partial charge in [-0.05, 0) is 32.3 Å². The molecule has 0 unspecified atom stereocenters. The zero-order valence-corrected chi connectivity index (χ0v) is 19.1. The highest BCUT2D eigenvalue weighted by Crippen LogP contribution is 2.55. The van der Waals surface area contributed by atoms with Gasteiger partial charge < -0.3 is 4.74 Å². The van der Waals surface area contributed by atoms with Crippen LogP contribution in [0.4, 0.5) is 0 Å². The Hall–Kier alpha value is -2.42. The highest BCUT2D eigenvalue weighted by molar-refractivity contribution is 7.48. The van der Waals surface area contributed by atoms with E-state index in [1.807, 2.05) is 18.2 Å². The van der Waals surface area contributed by atoms with E-state index >= 15 is 0 Å². The van der Waals surface area contributed by atoms with Crippen LogP contribution < -0.4 is 0 Å². The number of phosphoric acid groups is 1. The number of aryl methyl sites for hydroxylation is 1. The number of benzene rings is 2. The molecule has 0 bridgehead atoms. The monoisotopic (exact) mass is 444 g/mol. The minimum Gasteiger partial charge on any atom is -0.466 e. The van der Waals surface area contributed by atoms with Crippen LogP contribution in [0.2, 0.25) is 0 Å². The van der Waals surface area contributed by atoms with Crippen molar-refractivity contribution >= 4 is 13.8 Å². The van der Waals surface area contributed by atoms with Crippen molar-refractivity contribution in [1.29, 1.82) is 0 Å². The van der Waals surface area contributed by atoms with E-state index < -0.39 is 19.4 Å². The van der Waals surface area contributed by atoms with Gasteiger partial charge in [-0.3, -0.25) is 13.6 Å². The molecule has 1 atom stereocenters. The Bertz CT molecular complexity index is 909. The first-order valence-electron chi connectivity index (χ1n) is 10.3. The maximum absolute atomic E-state index is 13.2. The van der Waals surface area contributed by atoms with Gasteiger partial charge in [-0.25, -0.2) is 9.36 Å². The summed E-state index contributed by atoms with van der Waals surface area (Å²) < 4.78 is 34.5. The molecule has 6 nitrogen and oxygen atoms in total. The molecule has 0 saturated carbocycles. The summed E-state index contributed by atoms with van der Waals surface area (Å²) in [6, 6.07) is 18.7. The van der Waals surface area contributed by atoms with Crippen LogP contribution >= 0.6 is 7.82 Å². The predicted octanol–water partition coefficient (Wildman–Crippen LogP) is 5.28. The van der Waals surface area contributed by atoms with E-state index in [0.29, 0.717) is 12.0 Å². The molecule has 2 aromatic carbocycles. The average molecular weight is 444 g/mol. The molecule has 2 rings (SSSR count). The van der Waals surface area contributed by atoms with Gasteiger partial charge >= 0.3 is 13.8 Å². The van der Waals surface area contributed by atoms with E-state index in [1.165, 1.54) is 12.7 Å². The van der Waals surface area contributed by atoms with Crippen LogP contribution in [0.3, 0.4) is 0 Å². The molecule has 0 aliphatic carbocycles. The first-order chi connectivity index (χ1) is 15.0. The quantitative estimate of drug-likeness (QED) is 0.203. The van der Waals surface area contributed by atoms with Crippen LogP contribution in [-0.4, -0.2) is 26.3 Å². The molecular formula is C24H29O6P. The topological polar surface area (TPSA) is 71.1 Å². The molecule has 2 aromatic rings. The number of ether oxygens (including phenoxy) is 1. The van der Waals surface area contributed by atoms with E-state index in [4.69, 9.17) is 18.3 Å².